The van der Waals surface area contributed by atoms with Crippen molar-refractivity contribution in [1.29, 1.82) is 0 Å². The Morgan fingerprint density at radius 1 is 1.30 bits per heavy atom. The number of hydrogen-bond acceptors (Lipinski definition) is 3. The first-order chi connectivity index (χ1) is 9.35. The summed E-state index contributed by atoms with van der Waals surface area (Å²) in [6, 6.07) is 4.35. The van der Waals surface area contributed by atoms with Crippen molar-refractivity contribution >= 4 is 29.4 Å². The topological polar surface area (TPSA) is 72.6 Å². The van der Waals surface area contributed by atoms with Crippen molar-refractivity contribution in [2.45, 2.75) is 45.6 Å². The van der Waals surface area contributed by atoms with Crippen LogP contribution in [0.25, 0.3) is 0 Å². The molecule has 0 saturated carbocycles. The van der Waals surface area contributed by atoms with Crippen molar-refractivity contribution in [3.8, 4) is 5.75 Å². The maximum absolute atomic E-state index is 10.5. The number of benzene rings is 1. The third-order valence-corrected chi connectivity index (χ3v) is 3.84. The van der Waals surface area contributed by atoms with Crippen LogP contribution in [-0.4, -0.2) is 16.6 Å². The van der Waals surface area contributed by atoms with E-state index >= 15 is 0 Å². The Balaban J connectivity index is 0.000000396. The molecule has 0 aliphatic heterocycles. The van der Waals surface area contributed by atoms with Crippen LogP contribution < -0.4 is 10.0 Å². The highest BCUT2D eigenvalue weighted by atomic mass is 35.5. The summed E-state index contributed by atoms with van der Waals surface area (Å²) < 4.78 is 4.30. The fourth-order valence-electron chi connectivity index (χ4n) is 1.51. The molecule has 4 nitrogen and oxygen atoms in total. The molecule has 6 heteroatoms. The normalized spacial score (nSPS) is 10.5. The van der Waals surface area contributed by atoms with E-state index in [1.54, 1.807) is 0 Å². The molecule has 1 rings (SSSR count). The molecule has 0 bridgehead atoms. The highest BCUT2D eigenvalue weighted by Crippen LogP contribution is 2.29. The molecule has 0 aliphatic rings. The molecule has 1 aromatic rings. The number of carboxylic acid groups (broad SMARTS) is 1. The van der Waals surface area contributed by atoms with Crippen LogP contribution in [0.4, 0.5) is 0 Å². The molecule has 0 unspecified atom stereocenters. The molecule has 0 radical (unpaired) electrons. The first-order valence-electron chi connectivity index (χ1n) is 6.44. The van der Waals surface area contributed by atoms with Gasteiger partial charge < -0.3 is 15.1 Å². The van der Waals surface area contributed by atoms with Gasteiger partial charge in [-0.25, -0.2) is 4.79 Å². The minimum atomic E-state index is -1.13. The predicted octanol–water partition coefficient (Wildman–Crippen LogP) is 4.48. The first kappa shape index (κ1) is 19.0. The van der Waals surface area contributed by atoms with Gasteiger partial charge in [0.2, 0.25) is 0 Å². The summed E-state index contributed by atoms with van der Waals surface area (Å²) >= 11 is 10.6. The molecule has 0 atom stereocenters. The van der Waals surface area contributed by atoms with Crippen molar-refractivity contribution in [1.82, 2.24) is 0 Å². The van der Waals surface area contributed by atoms with Gasteiger partial charge in [-0.3, -0.25) is 0 Å². The number of nitrogens with two attached hydrogens (primary N) is 1. The van der Waals surface area contributed by atoms with Crippen LogP contribution in [0.3, 0.4) is 0 Å². The Morgan fingerprint density at radius 2 is 1.80 bits per heavy atom. The lowest BCUT2D eigenvalue weighted by molar-refractivity contribution is 0.0695. The van der Waals surface area contributed by atoms with E-state index in [2.05, 4.69) is 25.1 Å². The van der Waals surface area contributed by atoms with Crippen LogP contribution in [0.1, 0.15) is 50.4 Å². The average molecular weight is 322 g/mol. The van der Waals surface area contributed by atoms with E-state index in [9.17, 15) is 4.79 Å². The fraction of sp³-hybridized carbons (Fsp3) is 0.500. The van der Waals surface area contributed by atoms with Gasteiger partial charge in [0, 0.05) is 5.54 Å². The third-order valence-electron chi connectivity index (χ3n) is 3.39. The van der Waals surface area contributed by atoms with Crippen molar-refractivity contribution in [2.24, 2.45) is 5.73 Å². The van der Waals surface area contributed by atoms with Crippen LogP contribution in [0, 0.1) is 0 Å². The van der Waals surface area contributed by atoms with E-state index < -0.39 is 5.97 Å². The summed E-state index contributed by atoms with van der Waals surface area (Å²) in [6.45, 7) is 6.44. The second-order valence-corrected chi connectivity index (χ2v) is 4.98. The number of aromatic carboxylic acids is 1. The second kappa shape index (κ2) is 9.06. The van der Waals surface area contributed by atoms with Crippen molar-refractivity contribution in [3.63, 3.8) is 0 Å². The molecule has 0 aliphatic carbocycles. The Kier molecular flexibility index (Phi) is 8.62. The van der Waals surface area contributed by atoms with Gasteiger partial charge in [0.15, 0.2) is 5.75 Å². The van der Waals surface area contributed by atoms with E-state index in [-0.39, 0.29) is 21.9 Å². The van der Waals surface area contributed by atoms with Crippen LogP contribution in [0.15, 0.2) is 18.2 Å². The van der Waals surface area contributed by atoms with E-state index in [1.807, 2.05) is 0 Å². The van der Waals surface area contributed by atoms with Crippen molar-refractivity contribution in [3.05, 3.63) is 28.8 Å². The lowest BCUT2D eigenvalue weighted by atomic mass is 9.92. The monoisotopic (exact) mass is 321 g/mol. The largest absolute Gasteiger partial charge is 0.478 e. The molecule has 0 fully saturated rings. The van der Waals surface area contributed by atoms with Crippen LogP contribution >= 0.6 is 23.5 Å². The van der Waals surface area contributed by atoms with Gasteiger partial charge >= 0.3 is 5.97 Å². The Bertz CT molecular complexity index is 426. The van der Waals surface area contributed by atoms with Gasteiger partial charge in [0.25, 0.3) is 0 Å². The molecule has 3 N–H and O–H groups in total. The molecular weight excluding hydrogens is 301 g/mol. The summed E-state index contributed by atoms with van der Waals surface area (Å²) in [7, 11) is 0. The minimum Gasteiger partial charge on any atom is -0.478 e. The standard InChI is InChI=1S/C7H4Cl2O3.C7H17N/c8-5-3-1-2-4(7(10)11)6(5)12-9;1-4-7(8,5-2)6-3/h1-3H,(H,10,11);4-6,8H2,1-3H3. The highest BCUT2D eigenvalue weighted by molar-refractivity contribution is 6.33. The van der Waals surface area contributed by atoms with E-state index in [0.29, 0.717) is 0 Å². The molecule has 20 heavy (non-hydrogen) atoms. The minimum absolute atomic E-state index is 0.0340. The van der Waals surface area contributed by atoms with Gasteiger partial charge in [0.1, 0.15) is 17.4 Å². The molecule has 0 heterocycles. The lowest BCUT2D eigenvalue weighted by Crippen LogP contribution is -2.37. The number of hydrogen-bond donors (Lipinski definition) is 2. The number of para-hydroxylation sites is 1. The zero-order valence-corrected chi connectivity index (χ0v) is 13.5. The van der Waals surface area contributed by atoms with Gasteiger partial charge in [-0.05, 0) is 31.4 Å². The van der Waals surface area contributed by atoms with Crippen LogP contribution in [0.5, 0.6) is 5.75 Å². The summed E-state index contributed by atoms with van der Waals surface area (Å²) in [5.74, 6) is -1.17. The predicted molar refractivity (Wildman–Crippen MR) is 82.7 cm³/mol. The maximum Gasteiger partial charge on any atom is 0.339 e. The highest BCUT2D eigenvalue weighted by Gasteiger charge is 2.15. The van der Waals surface area contributed by atoms with E-state index in [4.69, 9.17) is 34.3 Å². The molecule has 114 valence electrons. The van der Waals surface area contributed by atoms with Gasteiger partial charge in [-0.2, -0.15) is 0 Å². The molecule has 0 amide bonds. The number of halogens is 2. The maximum atomic E-state index is 10.5. The molecule has 1 aromatic carbocycles. The SMILES string of the molecule is CCC(N)(CC)CC.O=C(O)c1cccc(Cl)c1OCl. The van der Waals surface area contributed by atoms with Crippen LogP contribution in [0.2, 0.25) is 5.02 Å². The second-order valence-electron chi connectivity index (χ2n) is 4.42. The Morgan fingerprint density at radius 3 is 2.05 bits per heavy atom. The van der Waals surface area contributed by atoms with Gasteiger partial charge in [0.05, 0.1) is 5.02 Å². The molecular formula is C14H21Cl2NO3. The van der Waals surface area contributed by atoms with E-state index in [1.165, 1.54) is 18.2 Å². The number of rotatable bonds is 5. The van der Waals surface area contributed by atoms with Crippen molar-refractivity contribution in [2.75, 3.05) is 0 Å². The average Bonchev–Trinajstić information content (AvgIpc) is 2.46. The zero-order chi connectivity index (χ0) is 15.8. The quantitative estimate of drug-likeness (QED) is 0.838. The first-order valence-corrected chi connectivity index (χ1v) is 7.13. The summed E-state index contributed by atoms with van der Waals surface area (Å²) in [4.78, 5) is 10.5. The van der Waals surface area contributed by atoms with Crippen LogP contribution in [-0.2, 0) is 0 Å². The summed E-state index contributed by atoms with van der Waals surface area (Å²) in [5.41, 5.74) is 5.96. The zero-order valence-electron chi connectivity index (χ0n) is 12.0. The Hall–Kier alpha value is -0.970. The van der Waals surface area contributed by atoms with E-state index in [0.717, 1.165) is 19.3 Å². The third kappa shape index (κ3) is 5.57. The smallest absolute Gasteiger partial charge is 0.339 e. The summed E-state index contributed by atoms with van der Waals surface area (Å²) in [6.07, 6.45) is 3.29. The van der Waals surface area contributed by atoms with Crippen molar-refractivity contribution < 1.29 is 14.2 Å². The number of carboxylic acids is 1. The number of carbonyl (C=O) groups is 1. The molecule has 0 aromatic heterocycles. The molecule has 0 saturated heterocycles. The Labute approximate surface area is 130 Å². The van der Waals surface area contributed by atoms with Gasteiger partial charge in [-0.15, -0.1) is 0 Å². The van der Waals surface area contributed by atoms with Gasteiger partial charge in [-0.1, -0.05) is 38.4 Å². The fourth-order valence-corrected chi connectivity index (χ4v) is 1.92. The lowest BCUT2D eigenvalue weighted by Gasteiger charge is -2.23. The molecule has 0 spiro atoms. The summed E-state index contributed by atoms with van der Waals surface area (Å²) in [5, 5.41) is 8.80.